The van der Waals surface area contributed by atoms with Crippen LogP contribution in [-0.2, 0) is 0 Å². The van der Waals surface area contributed by atoms with Gasteiger partial charge in [0.05, 0.1) is 0 Å². The second kappa shape index (κ2) is 6.05. The number of hydrogen-bond donors (Lipinski definition) is 2. The maximum absolute atomic E-state index is 4.23. The first-order chi connectivity index (χ1) is 8.25. The molecule has 0 aromatic carbocycles. The lowest BCUT2D eigenvalue weighted by molar-refractivity contribution is 0.160. The molecule has 1 saturated heterocycles. The quantitative estimate of drug-likeness (QED) is 0.772. The highest BCUT2D eigenvalue weighted by Gasteiger charge is 2.16. The molecule has 4 heteroatoms. The Morgan fingerprint density at radius 2 is 2.41 bits per heavy atom. The predicted octanol–water partition coefficient (Wildman–Crippen LogP) is 2.39. The van der Waals surface area contributed by atoms with Gasteiger partial charge in [-0.2, -0.15) is 0 Å². The number of imidazole rings is 1. The molecule has 2 heterocycles. The van der Waals surface area contributed by atoms with Crippen LogP contribution in [0.1, 0.15) is 38.3 Å². The molecule has 17 heavy (non-hydrogen) atoms. The maximum atomic E-state index is 4.23. The third-order valence-electron chi connectivity index (χ3n) is 3.56. The third kappa shape index (κ3) is 3.73. The van der Waals surface area contributed by atoms with Crippen LogP contribution in [-0.4, -0.2) is 40.5 Å². The second-order valence-corrected chi connectivity index (χ2v) is 5.08. The summed E-state index contributed by atoms with van der Waals surface area (Å²) >= 11 is 0. The average molecular weight is 236 g/mol. The number of H-pyrrole nitrogens is 1. The van der Waals surface area contributed by atoms with Gasteiger partial charge in [0, 0.05) is 31.0 Å². The molecule has 96 valence electrons. The van der Waals surface area contributed by atoms with Crippen molar-refractivity contribution >= 4 is 5.95 Å². The fraction of sp³-hybridized carbons (Fsp3) is 0.769. The highest BCUT2D eigenvalue weighted by molar-refractivity contribution is 5.25. The van der Waals surface area contributed by atoms with Crippen LogP contribution >= 0.6 is 0 Å². The maximum Gasteiger partial charge on any atom is 0.200 e. The monoisotopic (exact) mass is 236 g/mol. The highest BCUT2D eigenvalue weighted by atomic mass is 15.2. The van der Waals surface area contributed by atoms with Crippen LogP contribution in [0.5, 0.6) is 0 Å². The van der Waals surface area contributed by atoms with Gasteiger partial charge in [0.15, 0.2) is 5.95 Å². The Bertz CT molecular complexity index is 334. The van der Waals surface area contributed by atoms with Crippen molar-refractivity contribution in [2.24, 2.45) is 0 Å². The van der Waals surface area contributed by atoms with Gasteiger partial charge in [-0.25, -0.2) is 4.98 Å². The van der Waals surface area contributed by atoms with Crippen LogP contribution in [0.25, 0.3) is 0 Å². The van der Waals surface area contributed by atoms with Crippen LogP contribution in [0, 0.1) is 6.92 Å². The number of aromatic amines is 1. The van der Waals surface area contributed by atoms with Gasteiger partial charge >= 0.3 is 0 Å². The summed E-state index contributed by atoms with van der Waals surface area (Å²) in [6.45, 7) is 7.85. The number of anilines is 1. The number of aromatic nitrogens is 2. The zero-order valence-electron chi connectivity index (χ0n) is 11.0. The van der Waals surface area contributed by atoms with Crippen molar-refractivity contribution in [2.45, 2.75) is 45.6 Å². The molecule has 0 spiro atoms. The van der Waals surface area contributed by atoms with Crippen LogP contribution in [0.3, 0.4) is 0 Å². The summed E-state index contributed by atoms with van der Waals surface area (Å²) < 4.78 is 0. The van der Waals surface area contributed by atoms with E-state index in [1.54, 1.807) is 0 Å². The summed E-state index contributed by atoms with van der Waals surface area (Å²) in [5, 5.41) is 3.33. The average Bonchev–Trinajstić information content (AvgIpc) is 2.73. The Balaban J connectivity index is 1.62. The van der Waals surface area contributed by atoms with E-state index < -0.39 is 0 Å². The fourth-order valence-electron chi connectivity index (χ4n) is 2.48. The number of aryl methyl sites for hydroxylation is 1. The zero-order valence-corrected chi connectivity index (χ0v) is 11.0. The van der Waals surface area contributed by atoms with Crippen molar-refractivity contribution in [1.29, 1.82) is 0 Å². The number of hydrogen-bond acceptors (Lipinski definition) is 3. The van der Waals surface area contributed by atoms with Crippen molar-refractivity contribution in [1.82, 2.24) is 14.9 Å². The van der Waals surface area contributed by atoms with Gasteiger partial charge in [0.2, 0.25) is 0 Å². The zero-order chi connectivity index (χ0) is 12.1. The van der Waals surface area contributed by atoms with Crippen LogP contribution in [0.15, 0.2) is 6.20 Å². The van der Waals surface area contributed by atoms with E-state index in [1.165, 1.54) is 38.8 Å². The Kier molecular flexibility index (Phi) is 4.42. The number of nitrogens with zero attached hydrogens (tertiary/aromatic N) is 2. The molecule has 1 unspecified atom stereocenters. The topological polar surface area (TPSA) is 44.0 Å². The lowest BCUT2D eigenvalue weighted by Crippen LogP contribution is -2.38. The van der Waals surface area contributed by atoms with Crippen LogP contribution < -0.4 is 5.32 Å². The minimum Gasteiger partial charge on any atom is -0.356 e. The van der Waals surface area contributed by atoms with Crippen molar-refractivity contribution < 1.29 is 0 Å². The van der Waals surface area contributed by atoms with Gasteiger partial charge in [0.1, 0.15) is 0 Å². The standard InChI is InChI=1S/C13H24N4/c1-11-10-15-13(16-11)14-7-5-9-17-8-4-3-6-12(17)2/h10,12H,3-9H2,1-2H3,(H2,14,15,16). The Labute approximate surface area is 104 Å². The van der Waals surface area contributed by atoms with E-state index in [9.17, 15) is 0 Å². The number of likely N-dealkylation sites (tertiary alicyclic amines) is 1. The van der Waals surface area contributed by atoms with Crippen molar-refractivity contribution in [3.8, 4) is 0 Å². The first-order valence-electron chi connectivity index (χ1n) is 6.75. The molecule has 0 amide bonds. The Morgan fingerprint density at radius 1 is 1.53 bits per heavy atom. The lowest BCUT2D eigenvalue weighted by atomic mass is 10.0. The van der Waals surface area contributed by atoms with E-state index >= 15 is 0 Å². The normalized spacial score (nSPS) is 21.6. The molecule has 1 aromatic rings. The molecular formula is C13H24N4. The Hall–Kier alpha value is -1.03. The summed E-state index contributed by atoms with van der Waals surface area (Å²) in [4.78, 5) is 10.0. The molecule has 0 radical (unpaired) electrons. The van der Waals surface area contributed by atoms with E-state index in [0.717, 1.165) is 24.2 Å². The largest absolute Gasteiger partial charge is 0.356 e. The molecule has 2 rings (SSSR count). The molecule has 4 nitrogen and oxygen atoms in total. The molecule has 1 atom stereocenters. The van der Waals surface area contributed by atoms with Gasteiger partial charge < -0.3 is 15.2 Å². The van der Waals surface area contributed by atoms with Crippen LogP contribution in [0.4, 0.5) is 5.95 Å². The van der Waals surface area contributed by atoms with E-state index in [4.69, 9.17) is 0 Å². The molecule has 1 aromatic heterocycles. The number of piperidine rings is 1. The molecule has 1 aliphatic heterocycles. The summed E-state index contributed by atoms with van der Waals surface area (Å²) in [6.07, 6.45) is 7.18. The molecule has 1 aliphatic rings. The minimum atomic E-state index is 0.773. The molecular weight excluding hydrogens is 212 g/mol. The first kappa shape index (κ1) is 12.4. The van der Waals surface area contributed by atoms with E-state index in [1.807, 2.05) is 13.1 Å². The van der Waals surface area contributed by atoms with Crippen molar-refractivity contribution in [2.75, 3.05) is 25.0 Å². The van der Waals surface area contributed by atoms with Gasteiger partial charge in [-0.3, -0.25) is 0 Å². The van der Waals surface area contributed by atoms with Gasteiger partial charge in [-0.05, 0) is 39.7 Å². The molecule has 2 N–H and O–H groups in total. The molecule has 1 fully saturated rings. The van der Waals surface area contributed by atoms with E-state index in [-0.39, 0.29) is 0 Å². The van der Waals surface area contributed by atoms with Gasteiger partial charge in [0.25, 0.3) is 0 Å². The number of rotatable bonds is 5. The van der Waals surface area contributed by atoms with E-state index in [2.05, 4.69) is 27.1 Å². The smallest absolute Gasteiger partial charge is 0.200 e. The number of nitrogens with one attached hydrogen (secondary N) is 2. The second-order valence-electron chi connectivity index (χ2n) is 5.08. The first-order valence-corrected chi connectivity index (χ1v) is 6.75. The summed E-state index contributed by atoms with van der Waals surface area (Å²) in [7, 11) is 0. The third-order valence-corrected chi connectivity index (χ3v) is 3.56. The summed E-state index contributed by atoms with van der Waals surface area (Å²) in [6, 6.07) is 0.773. The highest BCUT2D eigenvalue weighted by Crippen LogP contribution is 2.16. The SMILES string of the molecule is Cc1cnc(NCCCN2CCCCC2C)[nH]1. The molecule has 0 saturated carbocycles. The predicted molar refractivity (Wildman–Crippen MR) is 71.3 cm³/mol. The lowest BCUT2D eigenvalue weighted by Gasteiger charge is -2.33. The molecule has 0 bridgehead atoms. The van der Waals surface area contributed by atoms with Crippen molar-refractivity contribution in [3.63, 3.8) is 0 Å². The molecule has 0 aliphatic carbocycles. The van der Waals surface area contributed by atoms with Gasteiger partial charge in [-0.1, -0.05) is 6.42 Å². The van der Waals surface area contributed by atoms with Gasteiger partial charge in [-0.15, -0.1) is 0 Å². The summed E-state index contributed by atoms with van der Waals surface area (Å²) in [5.74, 6) is 0.897. The fourth-order valence-corrected chi connectivity index (χ4v) is 2.48. The van der Waals surface area contributed by atoms with E-state index in [0.29, 0.717) is 0 Å². The Morgan fingerprint density at radius 3 is 3.12 bits per heavy atom. The summed E-state index contributed by atoms with van der Waals surface area (Å²) in [5.41, 5.74) is 1.11. The van der Waals surface area contributed by atoms with Crippen LogP contribution in [0.2, 0.25) is 0 Å². The van der Waals surface area contributed by atoms with Crippen molar-refractivity contribution in [3.05, 3.63) is 11.9 Å². The minimum absolute atomic E-state index is 0.773.